The molecule has 0 amide bonds. The molecule has 3 heteroatoms. The SMILES string of the molecule is COc1cc(OC)c(CC2CCNCC2)cc1C. The highest BCUT2D eigenvalue weighted by atomic mass is 16.5. The zero-order valence-corrected chi connectivity index (χ0v) is 11.6. The molecule has 1 N–H and O–H groups in total. The summed E-state index contributed by atoms with van der Waals surface area (Å²) >= 11 is 0. The minimum Gasteiger partial charge on any atom is -0.496 e. The average Bonchev–Trinajstić information content (AvgIpc) is 2.40. The zero-order valence-electron chi connectivity index (χ0n) is 11.6. The third-order valence-electron chi connectivity index (χ3n) is 3.77. The van der Waals surface area contributed by atoms with Crippen LogP contribution < -0.4 is 14.8 Å². The maximum atomic E-state index is 5.49. The summed E-state index contributed by atoms with van der Waals surface area (Å²) in [7, 11) is 3.43. The van der Waals surface area contributed by atoms with Crippen molar-refractivity contribution >= 4 is 0 Å². The second-order valence-corrected chi connectivity index (χ2v) is 5.03. The standard InChI is InChI=1S/C15H23NO2/c1-11-8-13(9-12-4-6-16-7-5-12)15(18-3)10-14(11)17-2/h8,10,12,16H,4-7,9H2,1-3H3. The lowest BCUT2D eigenvalue weighted by Crippen LogP contribution is -2.28. The molecule has 1 heterocycles. The minimum absolute atomic E-state index is 0.771. The van der Waals surface area contributed by atoms with E-state index in [9.17, 15) is 0 Å². The molecule has 1 saturated heterocycles. The van der Waals surface area contributed by atoms with Crippen molar-refractivity contribution in [2.75, 3.05) is 27.3 Å². The van der Waals surface area contributed by atoms with Gasteiger partial charge in [-0.1, -0.05) is 0 Å². The van der Waals surface area contributed by atoms with Gasteiger partial charge in [0.25, 0.3) is 0 Å². The van der Waals surface area contributed by atoms with Crippen LogP contribution in [0.15, 0.2) is 12.1 Å². The predicted molar refractivity (Wildman–Crippen MR) is 73.6 cm³/mol. The summed E-state index contributed by atoms with van der Waals surface area (Å²) in [5.41, 5.74) is 2.49. The van der Waals surface area contributed by atoms with Gasteiger partial charge >= 0.3 is 0 Å². The van der Waals surface area contributed by atoms with Crippen molar-refractivity contribution in [3.63, 3.8) is 0 Å². The largest absolute Gasteiger partial charge is 0.496 e. The number of hydrogen-bond acceptors (Lipinski definition) is 3. The van der Waals surface area contributed by atoms with Crippen LogP contribution in [-0.4, -0.2) is 27.3 Å². The molecule has 0 unspecified atom stereocenters. The first-order valence-electron chi connectivity index (χ1n) is 6.66. The second-order valence-electron chi connectivity index (χ2n) is 5.03. The van der Waals surface area contributed by atoms with Crippen LogP contribution in [0.25, 0.3) is 0 Å². The summed E-state index contributed by atoms with van der Waals surface area (Å²) in [5, 5.41) is 3.41. The smallest absolute Gasteiger partial charge is 0.125 e. The van der Waals surface area contributed by atoms with Crippen molar-refractivity contribution in [1.29, 1.82) is 0 Å². The van der Waals surface area contributed by atoms with Gasteiger partial charge in [-0.15, -0.1) is 0 Å². The molecule has 1 aromatic carbocycles. The Hall–Kier alpha value is -1.22. The number of benzene rings is 1. The van der Waals surface area contributed by atoms with E-state index in [0.29, 0.717) is 0 Å². The van der Waals surface area contributed by atoms with Gasteiger partial charge < -0.3 is 14.8 Å². The summed E-state index contributed by atoms with van der Waals surface area (Å²) in [5.74, 6) is 2.63. The lowest BCUT2D eigenvalue weighted by Gasteiger charge is -2.23. The van der Waals surface area contributed by atoms with E-state index in [1.54, 1.807) is 14.2 Å². The Morgan fingerprint density at radius 2 is 1.78 bits per heavy atom. The van der Waals surface area contributed by atoms with Gasteiger partial charge in [0.15, 0.2) is 0 Å². The molecule has 0 atom stereocenters. The Morgan fingerprint density at radius 3 is 2.39 bits per heavy atom. The van der Waals surface area contributed by atoms with Gasteiger partial charge in [0.2, 0.25) is 0 Å². The van der Waals surface area contributed by atoms with Crippen LogP contribution in [-0.2, 0) is 6.42 Å². The van der Waals surface area contributed by atoms with Crippen molar-refractivity contribution < 1.29 is 9.47 Å². The Morgan fingerprint density at radius 1 is 1.11 bits per heavy atom. The first-order chi connectivity index (χ1) is 8.74. The number of rotatable bonds is 4. The summed E-state index contributed by atoms with van der Waals surface area (Å²) in [6.45, 7) is 4.37. The molecule has 1 aromatic rings. The molecule has 1 aliphatic heterocycles. The van der Waals surface area contributed by atoms with Crippen molar-refractivity contribution in [2.45, 2.75) is 26.2 Å². The van der Waals surface area contributed by atoms with Crippen LogP contribution in [0.1, 0.15) is 24.0 Å². The monoisotopic (exact) mass is 249 g/mol. The molecule has 0 aromatic heterocycles. The molecule has 2 rings (SSSR count). The van der Waals surface area contributed by atoms with Gasteiger partial charge in [-0.3, -0.25) is 0 Å². The van der Waals surface area contributed by atoms with Gasteiger partial charge in [0.05, 0.1) is 14.2 Å². The Balaban J connectivity index is 2.17. The highest BCUT2D eigenvalue weighted by molar-refractivity contribution is 5.46. The van der Waals surface area contributed by atoms with E-state index in [1.807, 2.05) is 6.07 Å². The molecule has 18 heavy (non-hydrogen) atoms. The van der Waals surface area contributed by atoms with Gasteiger partial charge in [-0.2, -0.15) is 0 Å². The first-order valence-corrected chi connectivity index (χ1v) is 6.66. The number of piperidine rings is 1. The van der Waals surface area contributed by atoms with E-state index in [0.717, 1.165) is 36.9 Å². The van der Waals surface area contributed by atoms with Crippen LogP contribution in [0.5, 0.6) is 11.5 Å². The molecule has 0 saturated carbocycles. The Kier molecular flexibility index (Phi) is 4.48. The zero-order chi connectivity index (χ0) is 13.0. The topological polar surface area (TPSA) is 30.5 Å². The van der Waals surface area contributed by atoms with E-state index in [2.05, 4.69) is 18.3 Å². The summed E-state index contributed by atoms with van der Waals surface area (Å²) in [4.78, 5) is 0. The maximum Gasteiger partial charge on any atom is 0.125 e. The summed E-state index contributed by atoms with van der Waals surface area (Å²) in [6.07, 6.45) is 3.62. The molecule has 1 aliphatic rings. The van der Waals surface area contributed by atoms with E-state index in [1.165, 1.54) is 24.0 Å². The molecule has 0 spiro atoms. The fourth-order valence-corrected chi connectivity index (χ4v) is 2.70. The lowest BCUT2D eigenvalue weighted by atomic mass is 9.90. The molecule has 0 radical (unpaired) electrons. The van der Waals surface area contributed by atoms with E-state index in [-0.39, 0.29) is 0 Å². The van der Waals surface area contributed by atoms with Crippen LogP contribution in [0.2, 0.25) is 0 Å². The molecule has 0 bridgehead atoms. The molecule has 100 valence electrons. The van der Waals surface area contributed by atoms with Crippen molar-refractivity contribution in [3.05, 3.63) is 23.3 Å². The number of hydrogen-bond donors (Lipinski definition) is 1. The van der Waals surface area contributed by atoms with Crippen LogP contribution >= 0.6 is 0 Å². The van der Waals surface area contributed by atoms with Crippen molar-refractivity contribution in [3.8, 4) is 11.5 Å². The van der Waals surface area contributed by atoms with Gasteiger partial charge in [0, 0.05) is 6.07 Å². The quantitative estimate of drug-likeness (QED) is 0.889. The summed E-state index contributed by atoms with van der Waals surface area (Å²) < 4.78 is 10.8. The Labute approximate surface area is 109 Å². The van der Waals surface area contributed by atoms with Crippen molar-refractivity contribution in [1.82, 2.24) is 5.32 Å². The van der Waals surface area contributed by atoms with Gasteiger partial charge in [-0.25, -0.2) is 0 Å². The fourth-order valence-electron chi connectivity index (χ4n) is 2.70. The first kappa shape index (κ1) is 13.2. The van der Waals surface area contributed by atoms with Crippen LogP contribution in [0.4, 0.5) is 0 Å². The van der Waals surface area contributed by atoms with Gasteiger partial charge in [-0.05, 0) is 62.4 Å². The molecule has 3 nitrogen and oxygen atoms in total. The van der Waals surface area contributed by atoms with E-state index >= 15 is 0 Å². The minimum atomic E-state index is 0.771. The number of aryl methyl sites for hydroxylation is 1. The second kappa shape index (κ2) is 6.10. The molecule has 1 fully saturated rings. The molecule has 0 aliphatic carbocycles. The van der Waals surface area contributed by atoms with Crippen LogP contribution in [0, 0.1) is 12.8 Å². The highest BCUT2D eigenvalue weighted by Crippen LogP contribution is 2.31. The van der Waals surface area contributed by atoms with Crippen molar-refractivity contribution in [2.24, 2.45) is 5.92 Å². The predicted octanol–water partition coefficient (Wildman–Crippen LogP) is 2.55. The van der Waals surface area contributed by atoms with Crippen LogP contribution in [0.3, 0.4) is 0 Å². The van der Waals surface area contributed by atoms with E-state index in [4.69, 9.17) is 9.47 Å². The lowest BCUT2D eigenvalue weighted by molar-refractivity contribution is 0.358. The average molecular weight is 249 g/mol. The Bertz CT molecular complexity index is 398. The number of methoxy groups -OCH3 is 2. The maximum absolute atomic E-state index is 5.49. The number of nitrogens with one attached hydrogen (secondary N) is 1. The molecular formula is C15H23NO2. The highest BCUT2D eigenvalue weighted by Gasteiger charge is 2.17. The molecular weight excluding hydrogens is 226 g/mol. The van der Waals surface area contributed by atoms with E-state index < -0.39 is 0 Å². The van der Waals surface area contributed by atoms with Gasteiger partial charge in [0.1, 0.15) is 11.5 Å². The fraction of sp³-hybridized carbons (Fsp3) is 0.600. The third-order valence-corrected chi connectivity index (χ3v) is 3.77. The normalized spacial score (nSPS) is 16.6. The summed E-state index contributed by atoms with van der Waals surface area (Å²) in [6, 6.07) is 4.21. The third kappa shape index (κ3) is 2.96. The number of ether oxygens (including phenoxy) is 2.